The van der Waals surface area contributed by atoms with Gasteiger partial charge in [0.25, 0.3) is 0 Å². The van der Waals surface area contributed by atoms with Crippen molar-refractivity contribution in [1.29, 1.82) is 0 Å². The predicted octanol–water partition coefficient (Wildman–Crippen LogP) is 4.79. The first-order valence-electron chi connectivity index (χ1n) is 5.89. The molecule has 2 nitrogen and oxygen atoms in total. The number of fused-ring (bicyclic) bond motifs is 1. The number of alkyl halides is 1. The van der Waals surface area contributed by atoms with Crippen LogP contribution in [0.3, 0.4) is 0 Å². The largest absolute Gasteiger partial charge is 0.294 e. The minimum atomic E-state index is -0.757. The summed E-state index contributed by atoms with van der Waals surface area (Å²) in [4.78, 5) is 4.10. The first-order chi connectivity index (χ1) is 10.0. The van der Waals surface area contributed by atoms with Crippen LogP contribution in [0, 0.1) is 21.0 Å². The third kappa shape index (κ3) is 2.50. The van der Waals surface area contributed by atoms with Crippen molar-refractivity contribution in [2.45, 2.75) is 5.88 Å². The first kappa shape index (κ1) is 14.6. The highest BCUT2D eigenvalue weighted by molar-refractivity contribution is 14.1. The predicted molar refractivity (Wildman–Crippen MR) is 83.2 cm³/mol. The minimum absolute atomic E-state index is 0.0171. The Balaban J connectivity index is 2.40. The van der Waals surface area contributed by atoms with Gasteiger partial charge in [0, 0.05) is 15.7 Å². The molecule has 1 aromatic heterocycles. The monoisotopic (exact) mass is 422 g/mol. The molecule has 0 aliphatic carbocycles. The summed E-state index contributed by atoms with van der Waals surface area (Å²) in [5, 5.41) is 0. The van der Waals surface area contributed by atoms with Crippen molar-refractivity contribution in [2.24, 2.45) is 0 Å². The number of nitrogens with zero attached hydrogens (tertiary/aromatic N) is 2. The molecule has 1 heterocycles. The molecule has 0 unspecified atom stereocenters. The normalized spacial score (nSPS) is 11.3. The fraction of sp³-hybridized carbons (Fsp3) is 0.0714. The van der Waals surface area contributed by atoms with Crippen LogP contribution in [0.2, 0.25) is 0 Å². The van der Waals surface area contributed by atoms with E-state index in [-0.39, 0.29) is 16.9 Å². The Morgan fingerprint density at radius 2 is 1.86 bits per heavy atom. The molecule has 0 N–H and O–H groups in total. The van der Waals surface area contributed by atoms with E-state index in [1.807, 2.05) is 22.6 Å². The van der Waals surface area contributed by atoms with Gasteiger partial charge < -0.3 is 0 Å². The lowest BCUT2D eigenvalue weighted by Gasteiger charge is -2.10. The van der Waals surface area contributed by atoms with Gasteiger partial charge in [-0.3, -0.25) is 4.57 Å². The zero-order valence-corrected chi connectivity index (χ0v) is 13.3. The van der Waals surface area contributed by atoms with E-state index in [0.717, 1.165) is 6.07 Å². The summed E-state index contributed by atoms with van der Waals surface area (Å²) in [7, 11) is 0. The zero-order valence-electron chi connectivity index (χ0n) is 10.4. The van der Waals surface area contributed by atoms with Gasteiger partial charge in [-0.1, -0.05) is 0 Å². The smallest absolute Gasteiger partial charge is 0.153 e. The number of hydrogen-bond donors (Lipinski definition) is 0. The number of rotatable bonds is 2. The summed E-state index contributed by atoms with van der Waals surface area (Å²) in [5.74, 6) is -1.48. The maximum atomic E-state index is 13.8. The van der Waals surface area contributed by atoms with Crippen molar-refractivity contribution in [3.05, 3.63) is 57.2 Å². The van der Waals surface area contributed by atoms with Crippen molar-refractivity contribution in [3.63, 3.8) is 0 Å². The van der Waals surface area contributed by atoms with Crippen LogP contribution in [0.5, 0.6) is 0 Å². The summed E-state index contributed by atoms with van der Waals surface area (Å²) in [6.07, 6.45) is 0. The highest BCUT2D eigenvalue weighted by atomic mass is 127. The van der Waals surface area contributed by atoms with Crippen LogP contribution in [0.15, 0.2) is 30.3 Å². The first-order valence-corrected chi connectivity index (χ1v) is 7.50. The number of imidazole rings is 1. The fourth-order valence-corrected chi connectivity index (χ4v) is 3.07. The summed E-state index contributed by atoms with van der Waals surface area (Å²) in [6.45, 7) is 0. The maximum absolute atomic E-state index is 13.8. The van der Waals surface area contributed by atoms with Gasteiger partial charge in [-0.2, -0.15) is 0 Å². The lowest BCUT2D eigenvalue weighted by molar-refractivity contribution is 0.590. The SMILES string of the molecule is Fc1ccc(-n2c(CCl)nc3c(F)cc(F)cc32)c(I)c1. The molecule has 7 heteroatoms. The van der Waals surface area contributed by atoms with E-state index < -0.39 is 17.5 Å². The van der Waals surface area contributed by atoms with Crippen molar-refractivity contribution in [1.82, 2.24) is 9.55 Å². The van der Waals surface area contributed by atoms with E-state index in [4.69, 9.17) is 11.6 Å². The average Bonchev–Trinajstić information content (AvgIpc) is 2.77. The molecule has 3 aromatic rings. The van der Waals surface area contributed by atoms with Gasteiger partial charge >= 0.3 is 0 Å². The molecule has 0 spiro atoms. The van der Waals surface area contributed by atoms with Crippen LogP contribution in [0.4, 0.5) is 13.2 Å². The molecule has 2 aromatic carbocycles. The second-order valence-corrected chi connectivity index (χ2v) is 5.78. The van der Waals surface area contributed by atoms with E-state index in [2.05, 4.69) is 4.98 Å². The molecule has 0 aliphatic heterocycles. The van der Waals surface area contributed by atoms with Gasteiger partial charge in [0.1, 0.15) is 23.0 Å². The molecular weight excluding hydrogens is 416 g/mol. The van der Waals surface area contributed by atoms with Gasteiger partial charge in [-0.25, -0.2) is 18.2 Å². The molecule has 108 valence electrons. The minimum Gasteiger partial charge on any atom is -0.294 e. The van der Waals surface area contributed by atoms with Crippen molar-refractivity contribution >= 4 is 45.2 Å². The zero-order chi connectivity index (χ0) is 15.1. The van der Waals surface area contributed by atoms with E-state index in [1.54, 1.807) is 0 Å². The van der Waals surface area contributed by atoms with Crippen LogP contribution in [0.25, 0.3) is 16.7 Å². The second kappa shape index (κ2) is 5.49. The quantitative estimate of drug-likeness (QED) is 0.429. The Morgan fingerprint density at radius 3 is 2.52 bits per heavy atom. The lowest BCUT2D eigenvalue weighted by Crippen LogP contribution is -2.02. The Bertz CT molecular complexity index is 848. The fourth-order valence-electron chi connectivity index (χ4n) is 2.17. The van der Waals surface area contributed by atoms with Crippen LogP contribution in [0.1, 0.15) is 5.82 Å². The van der Waals surface area contributed by atoms with Crippen LogP contribution >= 0.6 is 34.2 Å². The molecule has 0 aliphatic rings. The molecule has 3 rings (SSSR count). The van der Waals surface area contributed by atoms with Crippen LogP contribution in [-0.2, 0) is 5.88 Å². The van der Waals surface area contributed by atoms with E-state index >= 15 is 0 Å². The molecule has 21 heavy (non-hydrogen) atoms. The van der Waals surface area contributed by atoms with Crippen molar-refractivity contribution in [2.75, 3.05) is 0 Å². The summed E-state index contributed by atoms with van der Waals surface area (Å²) in [6, 6.07) is 6.08. The molecular formula is C14H7ClF3IN2. The number of hydrogen-bond acceptors (Lipinski definition) is 1. The molecule has 0 saturated heterocycles. The molecule has 0 radical (unpaired) electrons. The van der Waals surface area contributed by atoms with Crippen molar-refractivity contribution < 1.29 is 13.2 Å². The number of halogens is 5. The van der Waals surface area contributed by atoms with E-state index in [9.17, 15) is 13.2 Å². The number of aromatic nitrogens is 2. The maximum Gasteiger partial charge on any atom is 0.153 e. The molecule has 0 saturated carbocycles. The Labute approximate surface area is 136 Å². The van der Waals surface area contributed by atoms with Gasteiger partial charge in [0.15, 0.2) is 5.82 Å². The highest BCUT2D eigenvalue weighted by Crippen LogP contribution is 2.28. The molecule has 0 bridgehead atoms. The molecule has 0 amide bonds. The standard InChI is InChI=1S/C14H7ClF3IN2/c15-6-13-20-14-9(18)3-8(17)5-12(14)21(13)11-2-1-7(16)4-10(11)19/h1-5H,6H2. The lowest BCUT2D eigenvalue weighted by atomic mass is 10.2. The average molecular weight is 423 g/mol. The summed E-state index contributed by atoms with van der Waals surface area (Å²) < 4.78 is 42.7. The highest BCUT2D eigenvalue weighted by Gasteiger charge is 2.18. The Morgan fingerprint density at radius 1 is 1.10 bits per heavy atom. The van der Waals surface area contributed by atoms with Crippen LogP contribution in [-0.4, -0.2) is 9.55 Å². The van der Waals surface area contributed by atoms with E-state index in [0.29, 0.717) is 15.1 Å². The summed E-state index contributed by atoms with van der Waals surface area (Å²) >= 11 is 7.80. The third-order valence-corrected chi connectivity index (χ3v) is 4.12. The van der Waals surface area contributed by atoms with Crippen molar-refractivity contribution in [3.8, 4) is 5.69 Å². The van der Waals surface area contributed by atoms with Crippen LogP contribution < -0.4 is 0 Å². The Kier molecular flexibility index (Phi) is 3.83. The van der Waals surface area contributed by atoms with Gasteiger partial charge in [-0.05, 0) is 40.8 Å². The number of benzene rings is 2. The molecule has 0 atom stereocenters. The third-order valence-electron chi connectivity index (χ3n) is 3.02. The second-order valence-electron chi connectivity index (χ2n) is 4.35. The molecule has 0 fully saturated rings. The topological polar surface area (TPSA) is 17.8 Å². The van der Waals surface area contributed by atoms with Gasteiger partial charge in [-0.15, -0.1) is 11.6 Å². The van der Waals surface area contributed by atoms with E-state index in [1.165, 1.54) is 28.8 Å². The Hall–Kier alpha value is -1.28. The summed E-state index contributed by atoms with van der Waals surface area (Å²) in [5.41, 5.74) is 0.861. The van der Waals surface area contributed by atoms with Gasteiger partial charge in [0.2, 0.25) is 0 Å². The van der Waals surface area contributed by atoms with Gasteiger partial charge in [0.05, 0.1) is 17.1 Å².